The molecular formula is C14H30N2O3Si. The van der Waals surface area contributed by atoms with E-state index in [2.05, 4.69) is 37.4 Å². The van der Waals surface area contributed by atoms with E-state index in [4.69, 9.17) is 13.6 Å². The zero-order valence-electron chi connectivity index (χ0n) is 13.4. The van der Waals surface area contributed by atoms with Crippen molar-refractivity contribution in [3.63, 3.8) is 0 Å². The monoisotopic (exact) mass is 302 g/mol. The lowest BCUT2D eigenvalue weighted by atomic mass is 10.3. The van der Waals surface area contributed by atoms with E-state index in [0.717, 1.165) is 45.3 Å². The summed E-state index contributed by atoms with van der Waals surface area (Å²) in [7, 11) is 2.22. The van der Waals surface area contributed by atoms with E-state index in [0.29, 0.717) is 6.61 Å². The fourth-order valence-corrected chi connectivity index (χ4v) is 5.90. The average Bonchev–Trinajstić information content (AvgIpc) is 2.30. The Morgan fingerprint density at radius 2 is 2.05 bits per heavy atom. The van der Waals surface area contributed by atoms with Gasteiger partial charge in [0.05, 0.1) is 18.8 Å². The molecule has 2 bridgehead atoms. The number of nitrogens with zero attached hydrogens (tertiary/aromatic N) is 2. The maximum atomic E-state index is 6.36. The minimum Gasteiger partial charge on any atom is -0.390 e. The predicted molar refractivity (Wildman–Crippen MR) is 82.3 cm³/mol. The molecule has 2 aliphatic heterocycles. The first-order chi connectivity index (χ1) is 9.47. The van der Waals surface area contributed by atoms with Crippen LogP contribution in [0.4, 0.5) is 0 Å². The number of likely N-dealkylation sites (N-methyl/N-ethyl adjacent to an activating group) is 1. The maximum absolute atomic E-state index is 6.36. The summed E-state index contributed by atoms with van der Waals surface area (Å²) in [5, 5.41) is 0. The predicted octanol–water partition coefficient (Wildman–Crippen LogP) is 1.15. The van der Waals surface area contributed by atoms with Crippen molar-refractivity contribution in [2.24, 2.45) is 0 Å². The second-order valence-electron chi connectivity index (χ2n) is 6.54. The van der Waals surface area contributed by atoms with Gasteiger partial charge in [0.15, 0.2) is 0 Å². The highest BCUT2D eigenvalue weighted by atomic mass is 28.4. The number of rotatable bonds is 3. The van der Waals surface area contributed by atoms with Crippen LogP contribution in [0.15, 0.2) is 0 Å². The van der Waals surface area contributed by atoms with E-state index < -0.39 is 8.56 Å². The van der Waals surface area contributed by atoms with Gasteiger partial charge in [-0.1, -0.05) is 0 Å². The average molecular weight is 302 g/mol. The summed E-state index contributed by atoms with van der Waals surface area (Å²) in [4.78, 5) is 4.67. The maximum Gasteiger partial charge on any atom is 0.335 e. The molecule has 0 saturated carbocycles. The summed E-state index contributed by atoms with van der Waals surface area (Å²) < 4.78 is 18.4. The molecule has 3 unspecified atom stereocenters. The van der Waals surface area contributed by atoms with Crippen molar-refractivity contribution < 1.29 is 13.6 Å². The second kappa shape index (κ2) is 7.33. The Morgan fingerprint density at radius 3 is 2.80 bits per heavy atom. The summed E-state index contributed by atoms with van der Waals surface area (Å²) in [5.41, 5.74) is 0. The molecule has 6 heteroatoms. The lowest BCUT2D eigenvalue weighted by Crippen LogP contribution is -2.55. The molecule has 20 heavy (non-hydrogen) atoms. The molecule has 0 spiro atoms. The van der Waals surface area contributed by atoms with E-state index in [1.165, 1.54) is 0 Å². The Labute approximate surface area is 124 Å². The second-order valence-corrected chi connectivity index (χ2v) is 9.78. The third-order valence-electron chi connectivity index (χ3n) is 3.93. The standard InChI is InChI=1S/C14H30N2O3Si/c1-13-10-16(7-6-15(2)3)11-14-12-17-8-5-9-20(4,18-13)19-14/h13-14H,5-12H2,1-4H3. The Hall–Kier alpha value is 0.0169. The minimum atomic E-state index is -2.01. The molecule has 0 N–H and O–H groups in total. The number of hydrogen-bond donors (Lipinski definition) is 0. The van der Waals surface area contributed by atoms with E-state index in [1.54, 1.807) is 0 Å². The fourth-order valence-electron chi connectivity index (χ4n) is 3.05. The summed E-state index contributed by atoms with van der Waals surface area (Å²) in [5.74, 6) is 0. The van der Waals surface area contributed by atoms with Gasteiger partial charge in [-0.25, -0.2) is 0 Å². The zero-order valence-corrected chi connectivity index (χ0v) is 14.4. The molecule has 5 nitrogen and oxygen atoms in total. The summed E-state index contributed by atoms with van der Waals surface area (Å²) in [6.45, 7) is 10.0. The topological polar surface area (TPSA) is 34.2 Å². The third kappa shape index (κ3) is 5.09. The summed E-state index contributed by atoms with van der Waals surface area (Å²) >= 11 is 0. The quantitative estimate of drug-likeness (QED) is 0.731. The highest BCUT2D eigenvalue weighted by Gasteiger charge is 2.39. The first-order valence-electron chi connectivity index (χ1n) is 7.77. The summed E-state index contributed by atoms with van der Waals surface area (Å²) in [6, 6.07) is 1.05. The van der Waals surface area contributed by atoms with Gasteiger partial charge >= 0.3 is 8.56 Å². The van der Waals surface area contributed by atoms with Crippen LogP contribution in [-0.2, 0) is 13.6 Å². The molecule has 2 saturated heterocycles. The molecular weight excluding hydrogens is 272 g/mol. The van der Waals surface area contributed by atoms with Gasteiger partial charge in [-0.2, -0.15) is 0 Å². The van der Waals surface area contributed by atoms with Gasteiger partial charge in [0.25, 0.3) is 0 Å². The van der Waals surface area contributed by atoms with Crippen LogP contribution in [0.5, 0.6) is 0 Å². The Bertz CT molecular complexity index is 306. The highest BCUT2D eigenvalue weighted by Crippen LogP contribution is 2.25. The molecule has 2 heterocycles. The third-order valence-corrected chi connectivity index (χ3v) is 6.93. The Morgan fingerprint density at radius 1 is 1.25 bits per heavy atom. The molecule has 118 valence electrons. The first kappa shape index (κ1) is 16.4. The zero-order chi connectivity index (χ0) is 14.6. The van der Waals surface area contributed by atoms with Gasteiger partial charge in [-0.3, -0.25) is 4.90 Å². The number of ether oxygens (including phenoxy) is 1. The van der Waals surface area contributed by atoms with Crippen LogP contribution in [0, 0.1) is 0 Å². The van der Waals surface area contributed by atoms with Gasteiger partial charge in [-0.15, -0.1) is 0 Å². The van der Waals surface area contributed by atoms with Crippen molar-refractivity contribution in [1.29, 1.82) is 0 Å². The molecule has 0 amide bonds. The van der Waals surface area contributed by atoms with Crippen molar-refractivity contribution in [2.75, 3.05) is 53.5 Å². The lowest BCUT2D eigenvalue weighted by molar-refractivity contribution is -0.0344. The molecule has 0 aliphatic carbocycles. The largest absolute Gasteiger partial charge is 0.390 e. The van der Waals surface area contributed by atoms with Gasteiger partial charge in [0.2, 0.25) is 0 Å². The highest BCUT2D eigenvalue weighted by molar-refractivity contribution is 6.66. The molecule has 3 atom stereocenters. The fraction of sp³-hybridized carbons (Fsp3) is 1.00. The lowest BCUT2D eigenvalue weighted by Gasteiger charge is -2.41. The summed E-state index contributed by atoms with van der Waals surface area (Å²) in [6.07, 6.45) is 1.49. The van der Waals surface area contributed by atoms with Crippen molar-refractivity contribution in [1.82, 2.24) is 9.80 Å². The Kier molecular flexibility index (Phi) is 6.01. The van der Waals surface area contributed by atoms with Crippen molar-refractivity contribution in [2.45, 2.75) is 38.1 Å². The van der Waals surface area contributed by atoms with E-state index in [1.807, 2.05) is 0 Å². The van der Waals surface area contributed by atoms with Crippen LogP contribution in [0.3, 0.4) is 0 Å². The smallest absolute Gasteiger partial charge is 0.335 e. The van der Waals surface area contributed by atoms with Crippen molar-refractivity contribution >= 4 is 8.56 Å². The van der Waals surface area contributed by atoms with Gasteiger partial charge in [-0.05, 0) is 40.0 Å². The molecule has 0 radical (unpaired) electrons. The molecule has 0 aromatic rings. The van der Waals surface area contributed by atoms with Crippen LogP contribution in [0.2, 0.25) is 12.6 Å². The van der Waals surface area contributed by atoms with Crippen molar-refractivity contribution in [3.05, 3.63) is 0 Å². The Balaban J connectivity index is 2.00. The molecule has 2 aliphatic rings. The van der Waals surface area contributed by atoms with Gasteiger partial charge < -0.3 is 18.5 Å². The van der Waals surface area contributed by atoms with E-state index in [-0.39, 0.29) is 12.2 Å². The van der Waals surface area contributed by atoms with Crippen LogP contribution >= 0.6 is 0 Å². The van der Waals surface area contributed by atoms with Crippen LogP contribution in [0.25, 0.3) is 0 Å². The van der Waals surface area contributed by atoms with Crippen molar-refractivity contribution in [3.8, 4) is 0 Å². The number of fused-ring (bicyclic) bond motifs is 2. The van der Waals surface area contributed by atoms with Crippen LogP contribution in [-0.4, -0.2) is 84.1 Å². The van der Waals surface area contributed by atoms with Gasteiger partial charge in [0, 0.05) is 32.8 Å². The molecule has 2 fully saturated rings. The van der Waals surface area contributed by atoms with Crippen LogP contribution < -0.4 is 0 Å². The van der Waals surface area contributed by atoms with E-state index >= 15 is 0 Å². The SMILES string of the molecule is CC1CN(CCN(C)C)CC2COCCC[Si](C)(O1)O2. The molecule has 0 aromatic heterocycles. The first-order valence-corrected chi connectivity index (χ1v) is 10.3. The number of hydrogen-bond acceptors (Lipinski definition) is 5. The molecule has 2 rings (SSSR count). The minimum absolute atomic E-state index is 0.168. The normalized spacial score (nSPS) is 37.0. The van der Waals surface area contributed by atoms with E-state index in [9.17, 15) is 0 Å². The van der Waals surface area contributed by atoms with Crippen LogP contribution in [0.1, 0.15) is 13.3 Å². The molecule has 0 aromatic carbocycles. The van der Waals surface area contributed by atoms with Gasteiger partial charge in [0.1, 0.15) is 0 Å².